The van der Waals surface area contributed by atoms with Crippen LogP contribution in [-0.4, -0.2) is 40.5 Å². The minimum Gasteiger partial charge on any atom is -0.450 e. The molecular weight excluding hydrogens is 292 g/mol. The summed E-state index contributed by atoms with van der Waals surface area (Å²) in [6.45, 7) is 6.13. The molecule has 21 heavy (non-hydrogen) atoms. The van der Waals surface area contributed by atoms with E-state index in [2.05, 4.69) is 5.32 Å². The van der Waals surface area contributed by atoms with Gasteiger partial charge in [0.25, 0.3) is 0 Å². The highest BCUT2D eigenvalue weighted by Gasteiger charge is 2.19. The van der Waals surface area contributed by atoms with Gasteiger partial charge in [0.1, 0.15) is 0 Å². The zero-order chi connectivity index (χ0) is 16.0. The van der Waals surface area contributed by atoms with Crippen molar-refractivity contribution in [3.8, 4) is 0 Å². The molecule has 1 N–H and O–H groups in total. The van der Waals surface area contributed by atoms with Crippen LogP contribution in [0.3, 0.4) is 0 Å². The smallest absolute Gasteiger partial charge is 0.407 e. The Morgan fingerprint density at radius 3 is 2.52 bits per heavy atom. The second kappa shape index (κ2) is 7.31. The molecule has 0 spiro atoms. The molecule has 0 fully saturated rings. The van der Waals surface area contributed by atoms with Gasteiger partial charge >= 0.3 is 6.09 Å². The number of hydrogen-bond donors (Lipinski definition) is 1. The first kappa shape index (κ1) is 17.3. The molecule has 0 aromatic heterocycles. The van der Waals surface area contributed by atoms with E-state index in [0.717, 1.165) is 17.4 Å². The summed E-state index contributed by atoms with van der Waals surface area (Å²) in [5.74, 6) is 0. The second-order valence-corrected chi connectivity index (χ2v) is 6.68. The number of rotatable bonds is 6. The summed E-state index contributed by atoms with van der Waals surface area (Å²) in [4.78, 5) is 11.2. The Hall–Kier alpha value is -1.76. The Kier molecular flexibility index (Phi) is 6.02. The standard InChI is InChI=1S/C14H22N2O4S/c1-5-20-14(17)15-8-9-16(21(4,18)19)13-7-6-11(2)10-12(13)3/h6-7,10H,5,8-9H2,1-4H3,(H,15,17). The fourth-order valence-corrected chi connectivity index (χ4v) is 2.98. The van der Waals surface area contributed by atoms with Crippen molar-refractivity contribution in [2.45, 2.75) is 20.8 Å². The normalized spacial score (nSPS) is 11.0. The van der Waals surface area contributed by atoms with Crippen molar-refractivity contribution < 1.29 is 17.9 Å². The van der Waals surface area contributed by atoms with Crippen LogP contribution in [-0.2, 0) is 14.8 Å². The number of benzene rings is 1. The van der Waals surface area contributed by atoms with Crippen LogP contribution in [0.15, 0.2) is 18.2 Å². The van der Waals surface area contributed by atoms with Crippen LogP contribution >= 0.6 is 0 Å². The third-order valence-corrected chi connectivity index (χ3v) is 4.06. The molecule has 6 nitrogen and oxygen atoms in total. The van der Waals surface area contributed by atoms with Gasteiger partial charge in [0.2, 0.25) is 10.0 Å². The average Bonchev–Trinajstić information content (AvgIpc) is 2.35. The predicted molar refractivity (Wildman–Crippen MR) is 83.1 cm³/mol. The van der Waals surface area contributed by atoms with Crippen LogP contribution in [0, 0.1) is 13.8 Å². The topological polar surface area (TPSA) is 75.7 Å². The number of hydrogen-bond acceptors (Lipinski definition) is 4. The molecule has 1 aromatic rings. The van der Waals surface area contributed by atoms with E-state index < -0.39 is 16.1 Å². The molecule has 0 radical (unpaired) electrons. The molecule has 0 bridgehead atoms. The van der Waals surface area contributed by atoms with Crippen LogP contribution in [0.1, 0.15) is 18.1 Å². The molecule has 0 atom stereocenters. The van der Waals surface area contributed by atoms with Gasteiger partial charge in [0.05, 0.1) is 25.1 Å². The van der Waals surface area contributed by atoms with Gasteiger partial charge in [-0.3, -0.25) is 4.31 Å². The highest BCUT2D eigenvalue weighted by Crippen LogP contribution is 2.23. The van der Waals surface area contributed by atoms with E-state index in [9.17, 15) is 13.2 Å². The van der Waals surface area contributed by atoms with Crippen LogP contribution in [0.4, 0.5) is 10.5 Å². The number of alkyl carbamates (subject to hydrolysis) is 1. The minimum atomic E-state index is -3.42. The molecule has 1 aromatic carbocycles. The largest absolute Gasteiger partial charge is 0.450 e. The summed E-state index contributed by atoms with van der Waals surface area (Å²) in [6.07, 6.45) is 0.600. The second-order valence-electron chi connectivity index (χ2n) is 4.77. The van der Waals surface area contributed by atoms with Gasteiger partial charge in [0, 0.05) is 6.54 Å². The van der Waals surface area contributed by atoms with Gasteiger partial charge < -0.3 is 10.1 Å². The highest BCUT2D eigenvalue weighted by atomic mass is 32.2. The van der Waals surface area contributed by atoms with Crippen molar-refractivity contribution in [3.05, 3.63) is 29.3 Å². The molecule has 0 aliphatic rings. The number of nitrogens with zero attached hydrogens (tertiary/aromatic N) is 1. The lowest BCUT2D eigenvalue weighted by Crippen LogP contribution is -2.38. The summed E-state index contributed by atoms with van der Waals surface area (Å²) in [5.41, 5.74) is 2.56. The maximum absolute atomic E-state index is 12.0. The van der Waals surface area contributed by atoms with Crippen molar-refractivity contribution in [3.63, 3.8) is 0 Å². The molecule has 1 amide bonds. The van der Waals surface area contributed by atoms with Gasteiger partial charge in [0.15, 0.2) is 0 Å². The number of aryl methyl sites for hydroxylation is 2. The summed E-state index contributed by atoms with van der Waals surface area (Å²) in [5, 5.41) is 2.52. The fourth-order valence-electron chi connectivity index (χ4n) is 1.99. The molecule has 0 unspecified atom stereocenters. The Bertz CT molecular complexity index is 599. The van der Waals surface area contributed by atoms with Gasteiger partial charge in [-0.15, -0.1) is 0 Å². The maximum atomic E-state index is 12.0. The first-order chi connectivity index (χ1) is 9.75. The van der Waals surface area contributed by atoms with Crippen molar-refractivity contribution in [2.24, 2.45) is 0 Å². The summed E-state index contributed by atoms with van der Waals surface area (Å²) in [7, 11) is -3.42. The number of carbonyl (C=O) groups is 1. The molecule has 0 saturated heterocycles. The molecule has 7 heteroatoms. The predicted octanol–water partition coefficient (Wildman–Crippen LogP) is 1.82. The van der Waals surface area contributed by atoms with E-state index in [1.54, 1.807) is 13.0 Å². The summed E-state index contributed by atoms with van der Waals surface area (Å²) < 4.78 is 29.9. The van der Waals surface area contributed by atoms with E-state index in [-0.39, 0.29) is 19.7 Å². The lowest BCUT2D eigenvalue weighted by molar-refractivity contribution is 0.152. The van der Waals surface area contributed by atoms with Crippen LogP contribution in [0.25, 0.3) is 0 Å². The lowest BCUT2D eigenvalue weighted by Gasteiger charge is -2.24. The molecule has 0 saturated carbocycles. The van der Waals surface area contributed by atoms with E-state index in [1.807, 2.05) is 26.0 Å². The van der Waals surface area contributed by atoms with Crippen molar-refractivity contribution >= 4 is 21.8 Å². The van der Waals surface area contributed by atoms with Crippen LogP contribution in [0.2, 0.25) is 0 Å². The molecule has 0 heterocycles. The number of anilines is 1. The first-order valence-corrected chi connectivity index (χ1v) is 8.56. The molecule has 0 aliphatic carbocycles. The quantitative estimate of drug-likeness (QED) is 0.869. The molecule has 0 aliphatic heterocycles. The van der Waals surface area contributed by atoms with Crippen LogP contribution in [0.5, 0.6) is 0 Å². The van der Waals surface area contributed by atoms with Crippen molar-refractivity contribution in [2.75, 3.05) is 30.3 Å². The SMILES string of the molecule is CCOC(=O)NCCN(c1ccc(C)cc1C)S(C)(=O)=O. The number of nitrogens with one attached hydrogen (secondary N) is 1. The van der Waals surface area contributed by atoms with Gasteiger partial charge in [-0.1, -0.05) is 17.7 Å². The monoisotopic (exact) mass is 314 g/mol. The third-order valence-electron chi connectivity index (χ3n) is 2.88. The highest BCUT2D eigenvalue weighted by molar-refractivity contribution is 7.92. The van der Waals surface area contributed by atoms with Crippen LogP contribution < -0.4 is 9.62 Å². The minimum absolute atomic E-state index is 0.154. The lowest BCUT2D eigenvalue weighted by atomic mass is 10.1. The molecule has 1 rings (SSSR count). The summed E-state index contributed by atoms with van der Waals surface area (Å²) in [6, 6.07) is 5.56. The van der Waals surface area contributed by atoms with Gasteiger partial charge in [-0.25, -0.2) is 13.2 Å². The average molecular weight is 314 g/mol. The van der Waals surface area contributed by atoms with Crippen molar-refractivity contribution in [1.82, 2.24) is 5.32 Å². The van der Waals surface area contributed by atoms with E-state index in [4.69, 9.17) is 4.74 Å². The van der Waals surface area contributed by atoms with Crippen molar-refractivity contribution in [1.29, 1.82) is 0 Å². The number of carbonyl (C=O) groups excluding carboxylic acids is 1. The third kappa shape index (κ3) is 5.26. The molecule has 118 valence electrons. The number of amides is 1. The number of sulfonamides is 1. The first-order valence-electron chi connectivity index (χ1n) is 6.71. The Morgan fingerprint density at radius 2 is 2.00 bits per heavy atom. The number of ether oxygens (including phenoxy) is 1. The zero-order valence-electron chi connectivity index (χ0n) is 12.8. The Balaban J connectivity index is 2.85. The van der Waals surface area contributed by atoms with E-state index in [1.165, 1.54) is 4.31 Å². The zero-order valence-corrected chi connectivity index (χ0v) is 13.7. The van der Waals surface area contributed by atoms with E-state index in [0.29, 0.717) is 5.69 Å². The summed E-state index contributed by atoms with van der Waals surface area (Å²) >= 11 is 0. The Labute approximate surface area is 126 Å². The van der Waals surface area contributed by atoms with Gasteiger partial charge in [-0.2, -0.15) is 0 Å². The van der Waals surface area contributed by atoms with E-state index >= 15 is 0 Å². The van der Waals surface area contributed by atoms with Gasteiger partial charge in [-0.05, 0) is 32.4 Å². The molecular formula is C14H22N2O4S. The Morgan fingerprint density at radius 1 is 1.33 bits per heavy atom. The fraction of sp³-hybridized carbons (Fsp3) is 0.500. The maximum Gasteiger partial charge on any atom is 0.407 e.